The number of fused-ring (bicyclic) bond motifs is 3. The normalized spacial score (nSPS) is 13.3. The molecule has 4 rings (SSSR count). The Morgan fingerprint density at radius 2 is 2.11 bits per heavy atom. The summed E-state index contributed by atoms with van der Waals surface area (Å²) in [4.78, 5) is 25.5. The van der Waals surface area contributed by atoms with Crippen LogP contribution in [-0.4, -0.2) is 41.1 Å². The van der Waals surface area contributed by atoms with Crippen LogP contribution < -0.4 is 15.4 Å². The Bertz CT molecular complexity index is 970. The summed E-state index contributed by atoms with van der Waals surface area (Å²) in [5.74, 6) is 1.65. The first-order valence-corrected chi connectivity index (χ1v) is 9.70. The zero-order valence-electron chi connectivity index (χ0n) is 15.3. The molecule has 1 aliphatic rings. The maximum atomic E-state index is 12.7. The van der Waals surface area contributed by atoms with Crippen molar-refractivity contribution >= 4 is 39.1 Å². The van der Waals surface area contributed by atoms with Gasteiger partial charge in [-0.3, -0.25) is 0 Å². The number of ether oxygens (including phenoxy) is 1. The van der Waals surface area contributed by atoms with Crippen LogP contribution in [0.2, 0.25) is 0 Å². The van der Waals surface area contributed by atoms with Crippen LogP contribution in [0, 0.1) is 0 Å². The largest absolute Gasteiger partial charge is 0.497 e. The molecular formula is C19H21N5O2S. The lowest BCUT2D eigenvalue weighted by Crippen LogP contribution is -2.38. The molecular weight excluding hydrogens is 362 g/mol. The summed E-state index contributed by atoms with van der Waals surface area (Å²) in [6.07, 6.45) is 2.40. The van der Waals surface area contributed by atoms with Crippen LogP contribution in [0.1, 0.15) is 17.4 Å². The fourth-order valence-electron chi connectivity index (χ4n) is 3.28. The molecule has 0 spiro atoms. The molecule has 2 amide bonds. The van der Waals surface area contributed by atoms with Crippen LogP contribution in [0.3, 0.4) is 0 Å². The lowest BCUT2D eigenvalue weighted by atomic mass is 10.1. The zero-order valence-corrected chi connectivity index (χ0v) is 16.1. The minimum atomic E-state index is -0.0961. The summed E-state index contributed by atoms with van der Waals surface area (Å²) in [5.41, 5.74) is 2.02. The Balaban J connectivity index is 1.53. The number of carbonyl (C=O) groups is 1. The number of urea groups is 1. The van der Waals surface area contributed by atoms with Crippen molar-refractivity contribution in [1.29, 1.82) is 0 Å². The van der Waals surface area contributed by atoms with Gasteiger partial charge in [0.15, 0.2) is 0 Å². The molecule has 0 saturated heterocycles. The smallest absolute Gasteiger partial charge is 0.322 e. The topological polar surface area (TPSA) is 79.4 Å². The van der Waals surface area contributed by atoms with Crippen molar-refractivity contribution in [2.24, 2.45) is 0 Å². The van der Waals surface area contributed by atoms with E-state index in [9.17, 15) is 4.79 Å². The summed E-state index contributed by atoms with van der Waals surface area (Å²) < 4.78 is 5.15. The van der Waals surface area contributed by atoms with Crippen molar-refractivity contribution in [3.05, 3.63) is 41.0 Å². The fourth-order valence-corrected chi connectivity index (χ4v) is 4.48. The molecule has 1 aromatic carbocycles. The second-order valence-corrected chi connectivity index (χ2v) is 7.35. The first kappa shape index (κ1) is 17.5. The Morgan fingerprint density at radius 1 is 1.30 bits per heavy atom. The van der Waals surface area contributed by atoms with Crippen molar-refractivity contribution in [1.82, 2.24) is 14.9 Å². The van der Waals surface area contributed by atoms with Crippen LogP contribution in [0.25, 0.3) is 10.2 Å². The Labute approximate surface area is 161 Å². The van der Waals surface area contributed by atoms with Gasteiger partial charge >= 0.3 is 6.03 Å². The number of methoxy groups -OCH3 is 1. The highest BCUT2D eigenvalue weighted by Gasteiger charge is 2.26. The van der Waals surface area contributed by atoms with E-state index in [4.69, 9.17) is 4.74 Å². The van der Waals surface area contributed by atoms with Gasteiger partial charge in [0.2, 0.25) is 0 Å². The van der Waals surface area contributed by atoms with E-state index in [1.165, 1.54) is 10.4 Å². The number of hydrogen-bond acceptors (Lipinski definition) is 6. The number of nitrogens with one attached hydrogen (secondary N) is 2. The van der Waals surface area contributed by atoms with Crippen molar-refractivity contribution in [2.75, 3.05) is 30.8 Å². The van der Waals surface area contributed by atoms with E-state index in [0.29, 0.717) is 13.1 Å². The number of aromatic nitrogens is 2. The Morgan fingerprint density at radius 3 is 2.85 bits per heavy atom. The molecule has 0 bridgehead atoms. The number of amides is 2. The number of carbonyl (C=O) groups excluding carboxylic acids is 1. The number of rotatable bonds is 4. The molecule has 0 fully saturated rings. The quantitative estimate of drug-likeness (QED) is 0.718. The predicted molar refractivity (Wildman–Crippen MR) is 108 cm³/mol. The molecule has 0 radical (unpaired) electrons. The summed E-state index contributed by atoms with van der Waals surface area (Å²) in [7, 11) is 1.62. The van der Waals surface area contributed by atoms with E-state index in [1.54, 1.807) is 24.8 Å². The number of nitrogens with zero attached hydrogens (tertiary/aromatic N) is 3. The molecule has 2 aromatic heterocycles. The van der Waals surface area contributed by atoms with Gasteiger partial charge in [-0.1, -0.05) is 0 Å². The summed E-state index contributed by atoms with van der Waals surface area (Å²) >= 11 is 1.64. The Hall–Kier alpha value is -2.87. The van der Waals surface area contributed by atoms with Gasteiger partial charge in [-0.15, -0.1) is 11.3 Å². The number of benzene rings is 1. The van der Waals surface area contributed by atoms with Gasteiger partial charge < -0.3 is 20.3 Å². The van der Waals surface area contributed by atoms with E-state index in [-0.39, 0.29) is 6.03 Å². The molecule has 0 atom stereocenters. The van der Waals surface area contributed by atoms with Gasteiger partial charge in [0.1, 0.15) is 22.7 Å². The molecule has 1 aliphatic heterocycles. The average molecular weight is 383 g/mol. The van der Waals surface area contributed by atoms with E-state index >= 15 is 0 Å². The van der Waals surface area contributed by atoms with Crippen LogP contribution in [0.15, 0.2) is 30.6 Å². The first-order valence-electron chi connectivity index (χ1n) is 8.88. The van der Waals surface area contributed by atoms with Gasteiger partial charge in [0.25, 0.3) is 0 Å². The minimum absolute atomic E-state index is 0.0961. The van der Waals surface area contributed by atoms with Crippen molar-refractivity contribution in [3.63, 3.8) is 0 Å². The van der Waals surface area contributed by atoms with Crippen LogP contribution in [-0.2, 0) is 13.0 Å². The average Bonchev–Trinajstić information content (AvgIpc) is 3.07. The number of anilines is 2. The SMILES string of the molecule is CCNc1ncnc2sc3c(c12)CCN(C(=O)Nc1ccc(OC)cc1)C3. The molecule has 0 unspecified atom stereocenters. The van der Waals surface area contributed by atoms with E-state index in [1.807, 2.05) is 29.2 Å². The highest BCUT2D eigenvalue weighted by Crippen LogP contribution is 2.37. The van der Waals surface area contributed by atoms with Gasteiger partial charge in [-0.25, -0.2) is 14.8 Å². The van der Waals surface area contributed by atoms with Crippen molar-refractivity contribution in [3.8, 4) is 5.75 Å². The van der Waals surface area contributed by atoms with Crippen LogP contribution >= 0.6 is 11.3 Å². The monoisotopic (exact) mass is 383 g/mol. The molecule has 0 saturated carbocycles. The molecule has 2 N–H and O–H groups in total. The van der Waals surface area contributed by atoms with Crippen molar-refractivity contribution < 1.29 is 9.53 Å². The molecule has 27 heavy (non-hydrogen) atoms. The molecule has 8 heteroatoms. The highest BCUT2D eigenvalue weighted by atomic mass is 32.1. The summed E-state index contributed by atoms with van der Waals surface area (Å²) in [5, 5.41) is 7.38. The van der Waals surface area contributed by atoms with E-state index < -0.39 is 0 Å². The van der Waals surface area contributed by atoms with Gasteiger partial charge in [-0.05, 0) is 43.2 Å². The molecule has 0 aliphatic carbocycles. The molecule has 3 heterocycles. The second-order valence-electron chi connectivity index (χ2n) is 6.27. The first-order chi connectivity index (χ1) is 13.2. The summed E-state index contributed by atoms with van der Waals surface area (Å²) in [6.45, 7) is 4.12. The van der Waals surface area contributed by atoms with Gasteiger partial charge in [0.05, 0.1) is 19.0 Å². The third-order valence-electron chi connectivity index (χ3n) is 4.61. The Kier molecular flexibility index (Phi) is 4.81. The third kappa shape index (κ3) is 3.40. The van der Waals surface area contributed by atoms with E-state index in [2.05, 4.69) is 27.5 Å². The van der Waals surface area contributed by atoms with Crippen molar-refractivity contribution in [2.45, 2.75) is 19.9 Å². The lowest BCUT2D eigenvalue weighted by molar-refractivity contribution is 0.207. The third-order valence-corrected chi connectivity index (χ3v) is 5.73. The molecule has 3 aromatic rings. The zero-order chi connectivity index (χ0) is 18.8. The lowest BCUT2D eigenvalue weighted by Gasteiger charge is -2.27. The standard InChI is InChI=1S/C19H21N5O2S/c1-3-20-17-16-14-8-9-24(10-15(14)27-18(16)22-11-21-17)19(25)23-12-4-6-13(26-2)7-5-12/h4-7,11H,3,8-10H2,1-2H3,(H,23,25)(H,20,21,22). The maximum Gasteiger partial charge on any atom is 0.322 e. The van der Waals surface area contributed by atoms with Gasteiger partial charge in [0, 0.05) is 23.7 Å². The van der Waals surface area contributed by atoms with Crippen LogP contribution in [0.5, 0.6) is 5.75 Å². The molecule has 140 valence electrons. The second kappa shape index (κ2) is 7.40. The number of thiophene rings is 1. The fraction of sp³-hybridized carbons (Fsp3) is 0.316. The highest BCUT2D eigenvalue weighted by molar-refractivity contribution is 7.19. The maximum absolute atomic E-state index is 12.7. The number of hydrogen-bond donors (Lipinski definition) is 2. The van der Waals surface area contributed by atoms with Crippen LogP contribution in [0.4, 0.5) is 16.3 Å². The van der Waals surface area contributed by atoms with E-state index in [0.717, 1.165) is 40.4 Å². The summed E-state index contributed by atoms with van der Waals surface area (Å²) in [6, 6.07) is 7.24. The predicted octanol–water partition coefficient (Wildman–Crippen LogP) is 3.72. The van der Waals surface area contributed by atoms with Gasteiger partial charge in [-0.2, -0.15) is 0 Å². The molecule has 7 nitrogen and oxygen atoms in total. The minimum Gasteiger partial charge on any atom is -0.497 e.